The van der Waals surface area contributed by atoms with Gasteiger partial charge in [-0.25, -0.2) is 13.8 Å². The van der Waals surface area contributed by atoms with Crippen molar-refractivity contribution in [2.75, 3.05) is 13.1 Å². The van der Waals surface area contributed by atoms with E-state index in [-0.39, 0.29) is 11.9 Å². The van der Waals surface area contributed by atoms with Crippen molar-refractivity contribution in [3.8, 4) is 5.88 Å². The van der Waals surface area contributed by atoms with Crippen LogP contribution >= 0.6 is 11.3 Å². The van der Waals surface area contributed by atoms with Gasteiger partial charge in [-0.3, -0.25) is 4.90 Å². The Morgan fingerprint density at radius 1 is 1.19 bits per heavy atom. The van der Waals surface area contributed by atoms with Gasteiger partial charge in [-0.2, -0.15) is 4.52 Å². The van der Waals surface area contributed by atoms with Crippen molar-refractivity contribution in [1.82, 2.24) is 19.5 Å². The van der Waals surface area contributed by atoms with E-state index < -0.39 is 11.6 Å². The van der Waals surface area contributed by atoms with Crippen LogP contribution in [-0.2, 0) is 0 Å². The van der Waals surface area contributed by atoms with Gasteiger partial charge in [-0.1, -0.05) is 31.3 Å². The molecule has 0 aliphatic carbocycles. The molecule has 1 aromatic carbocycles. The average Bonchev–Trinajstić information content (AvgIpc) is 3.08. The first kappa shape index (κ1) is 18.3. The van der Waals surface area contributed by atoms with E-state index in [9.17, 15) is 13.9 Å². The monoisotopic (exact) mass is 392 g/mol. The van der Waals surface area contributed by atoms with E-state index in [1.807, 2.05) is 0 Å². The Morgan fingerprint density at radius 3 is 2.52 bits per heavy atom. The molecule has 3 atom stereocenters. The number of fused-ring (bicyclic) bond motifs is 1. The molecule has 1 fully saturated rings. The van der Waals surface area contributed by atoms with Crippen molar-refractivity contribution in [2.24, 2.45) is 11.8 Å². The molecular weight excluding hydrogens is 370 g/mol. The van der Waals surface area contributed by atoms with Gasteiger partial charge < -0.3 is 5.11 Å². The number of aromatic hydroxyl groups is 1. The van der Waals surface area contributed by atoms with E-state index in [4.69, 9.17) is 0 Å². The van der Waals surface area contributed by atoms with Crippen LogP contribution < -0.4 is 0 Å². The normalized spacial score (nSPS) is 22.4. The highest BCUT2D eigenvalue weighted by molar-refractivity contribution is 7.17. The van der Waals surface area contributed by atoms with Crippen LogP contribution in [0, 0.1) is 30.4 Å². The molecule has 0 amide bonds. The number of hydrogen-bond acceptors (Lipinski definition) is 5. The summed E-state index contributed by atoms with van der Waals surface area (Å²) < 4.78 is 28.9. The Kier molecular flexibility index (Phi) is 4.63. The molecule has 144 valence electrons. The van der Waals surface area contributed by atoms with Crippen LogP contribution in [0.2, 0.25) is 0 Å². The van der Waals surface area contributed by atoms with Gasteiger partial charge in [0.15, 0.2) is 11.6 Å². The lowest BCUT2D eigenvalue weighted by molar-refractivity contribution is 0.111. The molecule has 0 saturated carbocycles. The molecule has 1 N–H and O–H groups in total. The van der Waals surface area contributed by atoms with Crippen molar-refractivity contribution in [2.45, 2.75) is 33.2 Å². The fourth-order valence-electron chi connectivity index (χ4n) is 4.16. The summed E-state index contributed by atoms with van der Waals surface area (Å²) in [7, 11) is 0. The minimum atomic E-state index is -0.884. The number of aromatic nitrogens is 3. The molecule has 2 aromatic heterocycles. The number of rotatable bonds is 3. The van der Waals surface area contributed by atoms with Crippen molar-refractivity contribution < 1.29 is 13.9 Å². The Hall–Kier alpha value is -2.06. The fraction of sp³-hybridized carbons (Fsp3) is 0.474. The van der Waals surface area contributed by atoms with Crippen molar-refractivity contribution in [1.29, 1.82) is 0 Å². The van der Waals surface area contributed by atoms with Crippen molar-refractivity contribution in [3.05, 3.63) is 46.1 Å². The van der Waals surface area contributed by atoms with E-state index in [1.165, 1.54) is 21.9 Å². The van der Waals surface area contributed by atoms with E-state index >= 15 is 0 Å². The van der Waals surface area contributed by atoms with E-state index in [0.29, 0.717) is 33.1 Å². The molecule has 1 saturated heterocycles. The molecular formula is C19H22F2N4OS. The highest BCUT2D eigenvalue weighted by atomic mass is 32.1. The van der Waals surface area contributed by atoms with Gasteiger partial charge >= 0.3 is 0 Å². The first-order chi connectivity index (χ1) is 12.8. The number of benzene rings is 1. The SMILES string of the molecule is Cc1nc2sc([C@H](c3ccc(F)c(F)c3)N3C[C@@H](C)C[C@H](C)C3)c(O)n2n1. The molecule has 5 nitrogen and oxygen atoms in total. The highest BCUT2D eigenvalue weighted by Crippen LogP contribution is 2.42. The number of hydrogen-bond donors (Lipinski definition) is 1. The lowest BCUT2D eigenvalue weighted by atomic mass is 9.89. The predicted octanol–water partition coefficient (Wildman–Crippen LogP) is 4.15. The first-order valence-corrected chi connectivity index (χ1v) is 9.89. The summed E-state index contributed by atoms with van der Waals surface area (Å²) in [6, 6.07) is 3.59. The van der Waals surface area contributed by atoms with Gasteiger partial charge in [0.2, 0.25) is 10.8 Å². The number of piperidine rings is 1. The third-order valence-electron chi connectivity index (χ3n) is 5.08. The maximum atomic E-state index is 14.0. The molecule has 1 aliphatic heterocycles. The van der Waals surface area contributed by atoms with E-state index in [0.717, 1.165) is 25.6 Å². The third kappa shape index (κ3) is 3.32. The first-order valence-electron chi connectivity index (χ1n) is 9.07. The molecule has 0 radical (unpaired) electrons. The zero-order chi connectivity index (χ0) is 19.3. The summed E-state index contributed by atoms with van der Waals surface area (Å²) in [5, 5.41) is 15.0. The number of halogens is 2. The molecule has 1 aliphatic rings. The van der Waals surface area contributed by atoms with Crippen LogP contribution in [0.15, 0.2) is 18.2 Å². The van der Waals surface area contributed by atoms with Crippen molar-refractivity contribution >= 4 is 16.3 Å². The summed E-state index contributed by atoms with van der Waals surface area (Å²) >= 11 is 1.34. The summed E-state index contributed by atoms with van der Waals surface area (Å²) in [6.07, 6.45) is 1.13. The topological polar surface area (TPSA) is 53.7 Å². The molecule has 0 spiro atoms. The largest absolute Gasteiger partial charge is 0.492 e. The van der Waals surface area contributed by atoms with Crippen LogP contribution in [0.25, 0.3) is 4.96 Å². The lowest BCUT2D eigenvalue weighted by Gasteiger charge is -2.40. The summed E-state index contributed by atoms with van der Waals surface area (Å²) in [5.74, 6) is -0.212. The number of thiazole rings is 1. The lowest BCUT2D eigenvalue weighted by Crippen LogP contribution is -2.41. The Labute approximate surface area is 160 Å². The maximum Gasteiger partial charge on any atom is 0.230 e. The summed E-state index contributed by atoms with van der Waals surface area (Å²) in [6.45, 7) is 7.79. The van der Waals surface area contributed by atoms with Crippen LogP contribution in [-0.4, -0.2) is 37.7 Å². The van der Waals surface area contributed by atoms with E-state index in [1.54, 1.807) is 13.0 Å². The quantitative estimate of drug-likeness (QED) is 0.728. The van der Waals surface area contributed by atoms with Gasteiger partial charge in [0.05, 0.1) is 10.9 Å². The second kappa shape index (κ2) is 6.83. The number of nitrogens with zero attached hydrogens (tertiary/aromatic N) is 4. The summed E-state index contributed by atoms with van der Waals surface area (Å²) in [4.78, 5) is 7.81. The summed E-state index contributed by atoms with van der Waals surface area (Å²) in [5.41, 5.74) is 0.617. The molecule has 3 aromatic rings. The molecule has 4 rings (SSSR count). The minimum absolute atomic E-state index is 0.0104. The zero-order valence-corrected chi connectivity index (χ0v) is 16.3. The van der Waals surface area contributed by atoms with Crippen LogP contribution in [0.5, 0.6) is 5.88 Å². The van der Waals surface area contributed by atoms with Gasteiger partial charge in [-0.05, 0) is 42.9 Å². The van der Waals surface area contributed by atoms with Crippen molar-refractivity contribution in [3.63, 3.8) is 0 Å². The molecule has 3 heterocycles. The zero-order valence-electron chi connectivity index (χ0n) is 15.5. The smallest absolute Gasteiger partial charge is 0.230 e. The maximum absolute atomic E-state index is 14.0. The minimum Gasteiger partial charge on any atom is -0.492 e. The predicted molar refractivity (Wildman–Crippen MR) is 100.0 cm³/mol. The van der Waals surface area contributed by atoms with Gasteiger partial charge in [0.1, 0.15) is 5.82 Å². The van der Waals surface area contributed by atoms with Crippen LogP contribution in [0.3, 0.4) is 0 Å². The molecule has 0 bridgehead atoms. The van der Waals surface area contributed by atoms with Gasteiger partial charge in [-0.15, -0.1) is 5.10 Å². The van der Waals surface area contributed by atoms with Crippen LogP contribution in [0.4, 0.5) is 8.78 Å². The molecule has 8 heteroatoms. The number of likely N-dealkylation sites (tertiary alicyclic amines) is 1. The average molecular weight is 392 g/mol. The second-order valence-electron chi connectivity index (χ2n) is 7.62. The molecule has 0 unspecified atom stereocenters. The van der Waals surface area contributed by atoms with Crippen LogP contribution in [0.1, 0.15) is 42.6 Å². The Balaban J connectivity index is 1.85. The standard InChI is InChI=1S/C19H22F2N4OS/c1-10-6-11(2)9-24(8-10)16(13-4-5-14(20)15(21)7-13)17-18(26)25-19(27-17)22-12(3)23-25/h4-5,7,10-11,16,26H,6,8-9H2,1-3H3/t10-,11-,16-/m0/s1. The Bertz CT molecular complexity index is 976. The fourth-order valence-corrected chi connectivity index (χ4v) is 5.32. The third-order valence-corrected chi connectivity index (χ3v) is 6.15. The van der Waals surface area contributed by atoms with E-state index in [2.05, 4.69) is 28.8 Å². The highest BCUT2D eigenvalue weighted by Gasteiger charge is 2.34. The van der Waals surface area contributed by atoms with Gasteiger partial charge in [0, 0.05) is 13.1 Å². The van der Waals surface area contributed by atoms with Gasteiger partial charge in [0.25, 0.3) is 0 Å². The number of aryl methyl sites for hydroxylation is 1. The molecule has 27 heavy (non-hydrogen) atoms. The second-order valence-corrected chi connectivity index (χ2v) is 8.63. The Morgan fingerprint density at radius 2 is 1.89 bits per heavy atom.